The molecule has 1 rings (SSSR count). The number of ether oxygens (including phenoxy) is 1. The zero-order valence-corrected chi connectivity index (χ0v) is 11.8. The quantitative estimate of drug-likeness (QED) is 0.841. The molecular weight excluding hydrogens is 350 g/mol. The van der Waals surface area contributed by atoms with E-state index in [4.69, 9.17) is 4.74 Å². The van der Waals surface area contributed by atoms with Gasteiger partial charge in [0.25, 0.3) is 0 Å². The van der Waals surface area contributed by atoms with Crippen LogP contribution >= 0.6 is 31.9 Å². The summed E-state index contributed by atoms with van der Waals surface area (Å²) in [4.78, 5) is 0. The van der Waals surface area contributed by atoms with Crippen LogP contribution in [0.25, 0.3) is 0 Å². The highest BCUT2D eigenvalue weighted by molar-refractivity contribution is 9.11. The van der Waals surface area contributed by atoms with Crippen LogP contribution in [0.5, 0.6) is 5.75 Å². The van der Waals surface area contributed by atoms with Gasteiger partial charge >= 0.3 is 0 Å². The molecule has 0 aromatic heterocycles. The maximum absolute atomic E-state index is 11.3. The Morgan fingerprint density at radius 3 is 2.60 bits per heavy atom. The predicted octanol–water partition coefficient (Wildman–Crippen LogP) is 2.55. The molecule has 0 atom stereocenters. The summed E-state index contributed by atoms with van der Waals surface area (Å²) in [6, 6.07) is 5.00. The molecule has 0 saturated carbocycles. The molecule has 0 fully saturated rings. The average molecular weight is 359 g/mol. The summed E-state index contributed by atoms with van der Waals surface area (Å²) < 4.78 is 30.5. The van der Waals surface area contributed by atoms with E-state index in [0.717, 1.165) is 4.47 Å². The van der Waals surface area contributed by atoms with Crippen LogP contribution in [0, 0.1) is 0 Å². The van der Waals surface area contributed by atoms with Crippen LogP contribution in [0.15, 0.2) is 22.7 Å². The molecular formula is C8H9Br2NO3S. The van der Waals surface area contributed by atoms with E-state index in [1.54, 1.807) is 18.2 Å². The molecule has 0 aliphatic carbocycles. The fourth-order valence-corrected chi connectivity index (χ4v) is 2.29. The smallest absolute Gasteiger partial charge is 0.242 e. The molecule has 0 heterocycles. The molecule has 1 N–H and O–H groups in total. The zero-order chi connectivity index (χ0) is 11.5. The minimum absolute atomic E-state index is 0.144. The molecule has 0 spiro atoms. The van der Waals surface area contributed by atoms with Gasteiger partial charge in [-0.05, 0) is 12.1 Å². The first-order valence-corrected chi connectivity index (χ1v) is 7.44. The Balaban J connectivity index is 3.00. The number of methoxy groups -OCH3 is 1. The lowest BCUT2D eigenvalue weighted by Crippen LogP contribution is -2.13. The van der Waals surface area contributed by atoms with Gasteiger partial charge in [0.15, 0.2) is 0 Å². The van der Waals surface area contributed by atoms with E-state index in [2.05, 4.69) is 36.6 Å². The third kappa shape index (κ3) is 4.00. The maximum atomic E-state index is 11.3. The van der Waals surface area contributed by atoms with Gasteiger partial charge in [0.05, 0.1) is 12.8 Å². The minimum atomic E-state index is -3.32. The largest absolute Gasteiger partial charge is 0.497 e. The number of anilines is 1. The molecule has 7 heteroatoms. The molecule has 1 aromatic rings. The van der Waals surface area contributed by atoms with Crippen molar-refractivity contribution < 1.29 is 13.2 Å². The molecule has 15 heavy (non-hydrogen) atoms. The first-order chi connectivity index (χ1) is 6.96. The van der Waals surface area contributed by atoms with Crippen molar-refractivity contribution in [3.63, 3.8) is 0 Å². The van der Waals surface area contributed by atoms with Crippen molar-refractivity contribution in [3.05, 3.63) is 22.7 Å². The fraction of sp³-hybridized carbons (Fsp3) is 0.250. The summed E-state index contributed by atoms with van der Waals surface area (Å²) in [5, 5.41) is 0. The van der Waals surface area contributed by atoms with Crippen molar-refractivity contribution >= 4 is 47.6 Å². The van der Waals surface area contributed by atoms with Crippen molar-refractivity contribution in [2.45, 2.75) is 0 Å². The van der Waals surface area contributed by atoms with Crippen molar-refractivity contribution in [3.8, 4) is 5.75 Å². The van der Waals surface area contributed by atoms with Crippen LogP contribution in [-0.2, 0) is 10.0 Å². The first-order valence-electron chi connectivity index (χ1n) is 3.88. The van der Waals surface area contributed by atoms with Crippen LogP contribution in [0.3, 0.4) is 0 Å². The van der Waals surface area contributed by atoms with Crippen molar-refractivity contribution in [2.75, 3.05) is 16.5 Å². The summed E-state index contributed by atoms with van der Waals surface area (Å²) >= 11 is 6.15. The van der Waals surface area contributed by atoms with Gasteiger partial charge in [-0.3, -0.25) is 4.72 Å². The Hall–Kier alpha value is -0.270. The standard InChI is InChI=1S/C8H9Br2NO3S/c1-14-8-3-6(10)2-7(4-8)11-15(12,13)5-9/h2-4,11H,5H2,1H3. The SMILES string of the molecule is COc1cc(Br)cc(NS(=O)(=O)CBr)c1. The highest BCUT2D eigenvalue weighted by Crippen LogP contribution is 2.25. The van der Waals surface area contributed by atoms with Crippen molar-refractivity contribution in [1.82, 2.24) is 0 Å². The second-order valence-corrected chi connectivity index (χ2v) is 6.65. The van der Waals surface area contributed by atoms with Gasteiger partial charge in [-0.25, -0.2) is 8.42 Å². The van der Waals surface area contributed by atoms with E-state index in [9.17, 15) is 8.42 Å². The van der Waals surface area contributed by atoms with E-state index < -0.39 is 10.0 Å². The molecule has 0 bridgehead atoms. The summed E-state index contributed by atoms with van der Waals surface area (Å²) in [5.74, 6) is 0.580. The third-order valence-corrected chi connectivity index (χ3v) is 4.62. The van der Waals surface area contributed by atoms with Gasteiger partial charge in [0.2, 0.25) is 10.0 Å². The topological polar surface area (TPSA) is 55.4 Å². The molecule has 0 aliphatic heterocycles. The van der Waals surface area contributed by atoms with E-state index in [1.165, 1.54) is 7.11 Å². The normalized spacial score (nSPS) is 11.1. The van der Waals surface area contributed by atoms with Crippen molar-refractivity contribution in [2.24, 2.45) is 0 Å². The Bertz CT molecular complexity index is 447. The number of sulfonamides is 1. The van der Waals surface area contributed by atoms with Crippen LogP contribution in [-0.4, -0.2) is 20.2 Å². The number of rotatable bonds is 4. The molecule has 0 unspecified atom stereocenters. The van der Waals surface area contributed by atoms with E-state index in [-0.39, 0.29) is 4.66 Å². The lowest BCUT2D eigenvalue weighted by molar-refractivity contribution is 0.415. The number of nitrogens with one attached hydrogen (secondary N) is 1. The average Bonchev–Trinajstić information content (AvgIpc) is 2.16. The molecule has 0 aliphatic rings. The van der Waals surface area contributed by atoms with Gasteiger partial charge in [-0.15, -0.1) is 0 Å². The number of alkyl halides is 1. The fourth-order valence-electron chi connectivity index (χ4n) is 0.946. The summed E-state index contributed by atoms with van der Waals surface area (Å²) in [7, 11) is -1.81. The first kappa shape index (κ1) is 12.8. The second-order valence-electron chi connectivity index (χ2n) is 2.71. The molecule has 0 amide bonds. The highest BCUT2D eigenvalue weighted by Gasteiger charge is 2.09. The monoisotopic (exact) mass is 357 g/mol. The summed E-state index contributed by atoms with van der Waals surface area (Å²) in [6.07, 6.45) is 0. The predicted molar refractivity (Wildman–Crippen MR) is 67.0 cm³/mol. The second kappa shape index (κ2) is 5.18. The Morgan fingerprint density at radius 1 is 1.40 bits per heavy atom. The Morgan fingerprint density at radius 2 is 2.07 bits per heavy atom. The third-order valence-electron chi connectivity index (χ3n) is 1.52. The van der Waals surface area contributed by atoms with Crippen LogP contribution in [0.4, 0.5) is 5.69 Å². The molecule has 0 saturated heterocycles. The number of halogens is 2. The summed E-state index contributed by atoms with van der Waals surface area (Å²) in [5.41, 5.74) is 0.459. The lowest BCUT2D eigenvalue weighted by atomic mass is 10.3. The van der Waals surface area contributed by atoms with Crippen molar-refractivity contribution in [1.29, 1.82) is 0 Å². The van der Waals surface area contributed by atoms with E-state index in [1.807, 2.05) is 0 Å². The maximum Gasteiger partial charge on any atom is 0.242 e. The Labute approximate surface area is 105 Å². The van der Waals surface area contributed by atoms with Crippen LogP contribution < -0.4 is 9.46 Å². The van der Waals surface area contributed by atoms with E-state index >= 15 is 0 Å². The Kier molecular flexibility index (Phi) is 4.42. The summed E-state index contributed by atoms with van der Waals surface area (Å²) in [6.45, 7) is 0. The van der Waals surface area contributed by atoms with Crippen LogP contribution in [0.1, 0.15) is 0 Å². The van der Waals surface area contributed by atoms with Gasteiger partial charge in [-0.2, -0.15) is 0 Å². The zero-order valence-electron chi connectivity index (χ0n) is 7.83. The number of hydrogen-bond acceptors (Lipinski definition) is 3. The van der Waals surface area contributed by atoms with E-state index in [0.29, 0.717) is 11.4 Å². The van der Waals surface area contributed by atoms with Gasteiger partial charge < -0.3 is 4.74 Å². The van der Waals surface area contributed by atoms with Gasteiger partial charge in [0, 0.05) is 10.5 Å². The molecule has 84 valence electrons. The highest BCUT2D eigenvalue weighted by atomic mass is 79.9. The number of benzene rings is 1. The minimum Gasteiger partial charge on any atom is -0.497 e. The number of hydrogen-bond donors (Lipinski definition) is 1. The molecule has 1 aromatic carbocycles. The molecule has 4 nitrogen and oxygen atoms in total. The molecule has 0 radical (unpaired) electrons. The van der Waals surface area contributed by atoms with Gasteiger partial charge in [-0.1, -0.05) is 31.9 Å². The van der Waals surface area contributed by atoms with Crippen LogP contribution in [0.2, 0.25) is 0 Å². The lowest BCUT2D eigenvalue weighted by Gasteiger charge is -2.08. The van der Waals surface area contributed by atoms with Gasteiger partial charge in [0.1, 0.15) is 10.4 Å².